The van der Waals surface area contributed by atoms with E-state index in [4.69, 9.17) is 9.15 Å². The van der Waals surface area contributed by atoms with Crippen LogP contribution >= 0.6 is 0 Å². The molecule has 2 fully saturated rings. The van der Waals surface area contributed by atoms with Gasteiger partial charge in [0.2, 0.25) is 0 Å². The molecule has 2 N–H and O–H groups in total. The van der Waals surface area contributed by atoms with Gasteiger partial charge in [0.25, 0.3) is 5.91 Å². The van der Waals surface area contributed by atoms with E-state index in [0.717, 1.165) is 0 Å². The van der Waals surface area contributed by atoms with Gasteiger partial charge in [-0.15, -0.1) is 0 Å². The molecule has 3 rings (SSSR count). The summed E-state index contributed by atoms with van der Waals surface area (Å²) >= 11 is 0. The second-order valence-corrected chi connectivity index (χ2v) is 7.02. The van der Waals surface area contributed by atoms with Crippen LogP contribution in [0.25, 0.3) is 0 Å². The number of hydrogen-bond donors (Lipinski definition) is 2. The number of amides is 3. The van der Waals surface area contributed by atoms with Crippen LogP contribution in [0.5, 0.6) is 0 Å². The maximum absolute atomic E-state index is 12.6. The van der Waals surface area contributed by atoms with E-state index in [9.17, 15) is 14.7 Å². The molecule has 1 aromatic rings. The Kier molecular flexibility index (Phi) is 5.83. The minimum Gasteiger partial charge on any atom is -0.469 e. The number of urea groups is 1. The zero-order valence-electron chi connectivity index (χ0n) is 15.2. The van der Waals surface area contributed by atoms with Crippen LogP contribution < -0.4 is 5.32 Å². The van der Waals surface area contributed by atoms with Gasteiger partial charge in [-0.25, -0.2) is 4.79 Å². The highest BCUT2D eigenvalue weighted by molar-refractivity contribution is 5.95. The molecule has 8 heteroatoms. The van der Waals surface area contributed by atoms with Gasteiger partial charge in [-0.2, -0.15) is 0 Å². The lowest BCUT2D eigenvalue weighted by atomic mass is 9.95. The quantitative estimate of drug-likeness (QED) is 0.833. The predicted octanol–water partition coefficient (Wildman–Crippen LogP) is 0.987. The molecule has 26 heavy (non-hydrogen) atoms. The topological polar surface area (TPSA) is 95.2 Å². The molecule has 1 aromatic heterocycles. The lowest BCUT2D eigenvalue weighted by Crippen LogP contribution is -2.51. The Labute approximate surface area is 153 Å². The molecule has 2 aliphatic rings. The molecular formula is C18H27N3O5. The van der Waals surface area contributed by atoms with E-state index in [-0.39, 0.29) is 18.5 Å². The van der Waals surface area contributed by atoms with Gasteiger partial charge >= 0.3 is 6.03 Å². The van der Waals surface area contributed by atoms with Crippen LogP contribution in [0.1, 0.15) is 35.4 Å². The van der Waals surface area contributed by atoms with Gasteiger partial charge in [-0.3, -0.25) is 4.79 Å². The van der Waals surface area contributed by atoms with Gasteiger partial charge in [-0.05, 0) is 32.3 Å². The number of nitrogens with zero attached hydrogens (tertiary/aromatic N) is 2. The molecule has 1 atom stereocenters. The number of carbonyl (C=O) groups excluding carboxylic acids is 2. The Morgan fingerprint density at radius 3 is 2.65 bits per heavy atom. The van der Waals surface area contributed by atoms with Gasteiger partial charge in [0.05, 0.1) is 30.6 Å². The molecule has 0 bridgehead atoms. The first-order valence-electron chi connectivity index (χ1n) is 9.15. The van der Waals surface area contributed by atoms with Crippen molar-refractivity contribution >= 4 is 11.9 Å². The monoisotopic (exact) mass is 365 g/mol. The third-order valence-electron chi connectivity index (χ3n) is 5.16. The summed E-state index contributed by atoms with van der Waals surface area (Å²) in [5.41, 5.74) is -0.432. The van der Waals surface area contributed by atoms with E-state index >= 15 is 0 Å². The molecule has 0 unspecified atom stereocenters. The molecule has 0 saturated carbocycles. The maximum Gasteiger partial charge on any atom is 0.317 e. The summed E-state index contributed by atoms with van der Waals surface area (Å²) in [7, 11) is 0. The lowest BCUT2D eigenvalue weighted by molar-refractivity contribution is 0.0227. The van der Waals surface area contributed by atoms with Crippen LogP contribution in [0.3, 0.4) is 0 Å². The Balaban J connectivity index is 1.52. The second-order valence-electron chi connectivity index (χ2n) is 7.02. The van der Waals surface area contributed by atoms with Gasteiger partial charge in [0, 0.05) is 32.7 Å². The SMILES string of the molecule is Cc1occc1C(=O)N1CCC[C@](O)(CNC(=O)N2CCOCC2)CC1. The van der Waals surface area contributed by atoms with Crippen LogP contribution in [0.2, 0.25) is 0 Å². The summed E-state index contributed by atoms with van der Waals surface area (Å²) in [4.78, 5) is 28.3. The number of aryl methyl sites for hydroxylation is 1. The van der Waals surface area contributed by atoms with E-state index in [2.05, 4.69) is 5.32 Å². The van der Waals surface area contributed by atoms with Crippen LogP contribution in [-0.2, 0) is 4.74 Å². The van der Waals surface area contributed by atoms with Crippen molar-refractivity contribution in [2.45, 2.75) is 31.8 Å². The van der Waals surface area contributed by atoms with Crippen LogP contribution in [0, 0.1) is 6.92 Å². The van der Waals surface area contributed by atoms with Gasteiger partial charge in [0.1, 0.15) is 5.76 Å². The van der Waals surface area contributed by atoms with E-state index < -0.39 is 5.60 Å². The van der Waals surface area contributed by atoms with Gasteiger partial charge < -0.3 is 29.4 Å². The summed E-state index contributed by atoms with van der Waals surface area (Å²) in [6, 6.07) is 1.50. The number of hydrogen-bond acceptors (Lipinski definition) is 5. The Bertz CT molecular complexity index is 641. The first-order valence-corrected chi connectivity index (χ1v) is 9.15. The average molecular weight is 365 g/mol. The van der Waals surface area contributed by atoms with E-state index in [1.165, 1.54) is 6.26 Å². The average Bonchev–Trinajstić information content (AvgIpc) is 2.98. The molecule has 0 aromatic carbocycles. The predicted molar refractivity (Wildman–Crippen MR) is 93.9 cm³/mol. The van der Waals surface area contributed by atoms with Crippen molar-refractivity contribution in [1.82, 2.24) is 15.1 Å². The molecular weight excluding hydrogens is 338 g/mol. The summed E-state index contributed by atoms with van der Waals surface area (Å²) in [5, 5.41) is 13.7. The molecule has 0 spiro atoms. The summed E-state index contributed by atoms with van der Waals surface area (Å²) in [6.07, 6.45) is 3.17. The Morgan fingerprint density at radius 2 is 1.96 bits per heavy atom. The summed E-state index contributed by atoms with van der Waals surface area (Å²) in [5.74, 6) is 0.533. The molecule has 3 amide bonds. The minimum atomic E-state index is -0.998. The first-order chi connectivity index (χ1) is 12.5. The van der Waals surface area contributed by atoms with Crippen molar-refractivity contribution in [2.24, 2.45) is 0 Å². The number of ether oxygens (including phenoxy) is 1. The van der Waals surface area contributed by atoms with Crippen molar-refractivity contribution in [3.05, 3.63) is 23.7 Å². The molecule has 0 radical (unpaired) electrons. The first kappa shape index (κ1) is 18.7. The van der Waals surface area contributed by atoms with Gasteiger partial charge in [-0.1, -0.05) is 0 Å². The highest BCUT2D eigenvalue weighted by Crippen LogP contribution is 2.23. The highest BCUT2D eigenvalue weighted by atomic mass is 16.5. The third kappa shape index (κ3) is 4.37. The second kappa shape index (κ2) is 8.09. The molecule has 2 aliphatic heterocycles. The smallest absolute Gasteiger partial charge is 0.317 e. The molecule has 3 heterocycles. The maximum atomic E-state index is 12.6. The van der Waals surface area contributed by atoms with Crippen LogP contribution in [0.15, 0.2) is 16.7 Å². The fourth-order valence-corrected chi connectivity index (χ4v) is 3.45. The van der Waals surface area contributed by atoms with Crippen LogP contribution in [-0.4, -0.2) is 78.4 Å². The minimum absolute atomic E-state index is 0.0714. The number of carbonyl (C=O) groups is 2. The number of nitrogens with one attached hydrogen (secondary N) is 1. The Hall–Kier alpha value is -2.06. The van der Waals surface area contributed by atoms with Crippen LogP contribution in [0.4, 0.5) is 4.79 Å². The highest BCUT2D eigenvalue weighted by Gasteiger charge is 2.33. The number of furan rings is 1. The third-order valence-corrected chi connectivity index (χ3v) is 5.16. The summed E-state index contributed by atoms with van der Waals surface area (Å²) < 4.78 is 10.5. The Morgan fingerprint density at radius 1 is 1.19 bits per heavy atom. The largest absolute Gasteiger partial charge is 0.469 e. The van der Waals surface area contributed by atoms with Crippen molar-refractivity contribution in [3.8, 4) is 0 Å². The number of likely N-dealkylation sites (tertiary alicyclic amines) is 1. The van der Waals surface area contributed by atoms with Crippen molar-refractivity contribution in [3.63, 3.8) is 0 Å². The van der Waals surface area contributed by atoms with Gasteiger partial charge in [0.15, 0.2) is 0 Å². The fourth-order valence-electron chi connectivity index (χ4n) is 3.45. The lowest BCUT2D eigenvalue weighted by Gasteiger charge is -2.31. The zero-order chi connectivity index (χ0) is 18.6. The van der Waals surface area contributed by atoms with Crippen molar-refractivity contribution in [1.29, 1.82) is 0 Å². The normalized spacial score (nSPS) is 24.2. The number of aliphatic hydroxyl groups is 1. The van der Waals surface area contributed by atoms with E-state index in [1.807, 2.05) is 0 Å². The number of rotatable bonds is 3. The van der Waals surface area contributed by atoms with E-state index in [1.54, 1.807) is 22.8 Å². The molecule has 2 saturated heterocycles. The number of morpholine rings is 1. The standard InChI is InChI=1S/C18H27N3O5/c1-14-15(3-10-26-14)16(22)20-6-2-4-18(24,5-7-20)13-19-17(23)21-8-11-25-12-9-21/h3,10,24H,2,4-9,11-13H2,1H3,(H,19,23)/t18-/m1/s1. The molecule has 8 nitrogen and oxygen atoms in total. The van der Waals surface area contributed by atoms with E-state index in [0.29, 0.717) is 70.0 Å². The summed E-state index contributed by atoms with van der Waals surface area (Å²) in [6.45, 7) is 5.21. The zero-order valence-corrected chi connectivity index (χ0v) is 15.2. The molecule has 144 valence electrons. The fraction of sp³-hybridized carbons (Fsp3) is 0.667. The van der Waals surface area contributed by atoms with Crippen molar-refractivity contribution < 1.29 is 23.8 Å². The van der Waals surface area contributed by atoms with Crippen molar-refractivity contribution in [2.75, 3.05) is 45.9 Å². The molecule has 0 aliphatic carbocycles.